The van der Waals surface area contributed by atoms with Crippen LogP contribution in [0.4, 0.5) is 0 Å². The third-order valence-electron chi connectivity index (χ3n) is 2.44. The maximum atomic E-state index is 11.6. The molecule has 0 amide bonds. The van der Waals surface area contributed by atoms with Crippen LogP contribution in [0.1, 0.15) is 10.5 Å². The molecule has 94 valence electrons. The van der Waals surface area contributed by atoms with Gasteiger partial charge in [-0.3, -0.25) is 15.0 Å². The maximum absolute atomic E-state index is 11.6. The SMILES string of the molecule is COc1ccc(-c2c(C(=O)O)[nH][nH]c2=O)c(Cl)c1. The van der Waals surface area contributed by atoms with Gasteiger partial charge in [-0.1, -0.05) is 11.6 Å². The van der Waals surface area contributed by atoms with Gasteiger partial charge in [-0.2, -0.15) is 0 Å². The standard InChI is InChI=1S/C11H9ClN2O4/c1-18-5-2-3-6(7(12)4-5)8-9(11(16)17)13-14-10(8)15/h2-4H,1H3,(H,16,17)(H2,13,14,15). The Morgan fingerprint density at radius 2 is 2.11 bits per heavy atom. The van der Waals surface area contributed by atoms with Crippen LogP contribution in [-0.2, 0) is 0 Å². The molecule has 0 saturated carbocycles. The molecule has 6 nitrogen and oxygen atoms in total. The minimum absolute atomic E-state index is 0.00449. The summed E-state index contributed by atoms with van der Waals surface area (Å²) in [4.78, 5) is 22.6. The molecule has 1 aromatic heterocycles. The number of aromatic carboxylic acids is 1. The van der Waals surface area contributed by atoms with Crippen LogP contribution in [0.5, 0.6) is 5.75 Å². The van der Waals surface area contributed by atoms with Crippen molar-refractivity contribution in [2.75, 3.05) is 7.11 Å². The second-order valence-electron chi connectivity index (χ2n) is 3.48. The number of carboxylic acid groups (broad SMARTS) is 1. The van der Waals surface area contributed by atoms with E-state index in [9.17, 15) is 9.59 Å². The number of ether oxygens (including phenoxy) is 1. The zero-order valence-corrected chi connectivity index (χ0v) is 10.0. The van der Waals surface area contributed by atoms with Crippen molar-refractivity contribution >= 4 is 17.6 Å². The molecule has 0 aliphatic heterocycles. The number of carboxylic acids is 1. The minimum Gasteiger partial charge on any atom is -0.497 e. The lowest BCUT2D eigenvalue weighted by Crippen LogP contribution is -2.05. The monoisotopic (exact) mass is 268 g/mol. The second kappa shape index (κ2) is 4.58. The molecule has 0 unspecified atom stereocenters. The van der Waals surface area contributed by atoms with Gasteiger partial charge in [-0.25, -0.2) is 4.79 Å². The molecule has 0 aliphatic rings. The largest absolute Gasteiger partial charge is 0.497 e. The van der Waals surface area contributed by atoms with E-state index in [0.29, 0.717) is 11.3 Å². The third kappa shape index (κ3) is 1.98. The van der Waals surface area contributed by atoms with Crippen molar-refractivity contribution in [1.82, 2.24) is 10.2 Å². The summed E-state index contributed by atoms with van der Waals surface area (Å²) < 4.78 is 4.98. The lowest BCUT2D eigenvalue weighted by Gasteiger charge is -2.05. The minimum atomic E-state index is -1.24. The van der Waals surface area contributed by atoms with E-state index in [0.717, 1.165) is 0 Å². The Morgan fingerprint density at radius 3 is 2.67 bits per heavy atom. The lowest BCUT2D eigenvalue weighted by atomic mass is 10.1. The van der Waals surface area contributed by atoms with Gasteiger partial charge in [0.15, 0.2) is 5.69 Å². The molecular weight excluding hydrogens is 260 g/mol. The highest BCUT2D eigenvalue weighted by Crippen LogP contribution is 2.30. The maximum Gasteiger partial charge on any atom is 0.354 e. The average Bonchev–Trinajstić information content (AvgIpc) is 2.71. The predicted molar refractivity (Wildman–Crippen MR) is 65.4 cm³/mol. The van der Waals surface area contributed by atoms with Gasteiger partial charge in [0.2, 0.25) is 0 Å². The summed E-state index contributed by atoms with van der Waals surface area (Å²) in [6, 6.07) is 4.64. The van der Waals surface area contributed by atoms with E-state index >= 15 is 0 Å². The Bertz CT molecular complexity index is 659. The van der Waals surface area contributed by atoms with E-state index in [1.165, 1.54) is 19.2 Å². The first-order valence-corrected chi connectivity index (χ1v) is 5.30. The summed E-state index contributed by atoms with van der Waals surface area (Å²) in [6.07, 6.45) is 0. The first kappa shape index (κ1) is 12.3. The van der Waals surface area contributed by atoms with Gasteiger partial charge in [0.1, 0.15) is 5.75 Å². The van der Waals surface area contributed by atoms with E-state index in [2.05, 4.69) is 10.2 Å². The van der Waals surface area contributed by atoms with Crippen molar-refractivity contribution in [1.29, 1.82) is 0 Å². The second-order valence-corrected chi connectivity index (χ2v) is 3.89. The predicted octanol–water partition coefficient (Wildman–Crippen LogP) is 1.73. The number of hydrogen-bond acceptors (Lipinski definition) is 3. The molecule has 3 N–H and O–H groups in total. The first-order chi connectivity index (χ1) is 8.54. The highest BCUT2D eigenvalue weighted by Gasteiger charge is 2.20. The number of rotatable bonds is 3. The number of aromatic amines is 2. The van der Waals surface area contributed by atoms with Crippen LogP contribution in [0.3, 0.4) is 0 Å². The number of halogens is 1. The third-order valence-corrected chi connectivity index (χ3v) is 2.75. The zero-order chi connectivity index (χ0) is 13.3. The van der Waals surface area contributed by atoms with Gasteiger partial charge in [-0.15, -0.1) is 0 Å². The Morgan fingerprint density at radius 1 is 1.39 bits per heavy atom. The molecular formula is C11H9ClN2O4. The van der Waals surface area contributed by atoms with Crippen LogP contribution < -0.4 is 10.3 Å². The van der Waals surface area contributed by atoms with Gasteiger partial charge >= 0.3 is 5.97 Å². The molecule has 0 bridgehead atoms. The zero-order valence-electron chi connectivity index (χ0n) is 9.28. The number of benzene rings is 1. The highest BCUT2D eigenvalue weighted by atomic mass is 35.5. The van der Waals surface area contributed by atoms with Gasteiger partial charge in [0.05, 0.1) is 17.7 Å². The average molecular weight is 269 g/mol. The van der Waals surface area contributed by atoms with Gasteiger partial charge in [0, 0.05) is 5.56 Å². The smallest absolute Gasteiger partial charge is 0.354 e. The molecule has 0 saturated heterocycles. The molecule has 0 radical (unpaired) electrons. The Kier molecular flexibility index (Phi) is 3.12. The topological polar surface area (TPSA) is 95.2 Å². The van der Waals surface area contributed by atoms with E-state index in [4.69, 9.17) is 21.4 Å². The molecule has 7 heteroatoms. The number of methoxy groups -OCH3 is 1. The summed E-state index contributed by atoms with van der Waals surface area (Å²) in [5, 5.41) is 13.7. The van der Waals surface area contributed by atoms with E-state index in [1.807, 2.05) is 0 Å². The van der Waals surface area contributed by atoms with Crippen molar-refractivity contribution in [2.45, 2.75) is 0 Å². The van der Waals surface area contributed by atoms with Crippen LogP contribution >= 0.6 is 11.6 Å². The molecule has 0 spiro atoms. The van der Waals surface area contributed by atoms with Crippen molar-refractivity contribution in [3.8, 4) is 16.9 Å². The van der Waals surface area contributed by atoms with Crippen LogP contribution in [0, 0.1) is 0 Å². The number of H-pyrrole nitrogens is 2. The fraction of sp³-hybridized carbons (Fsp3) is 0.0909. The van der Waals surface area contributed by atoms with Gasteiger partial charge < -0.3 is 9.84 Å². The van der Waals surface area contributed by atoms with Crippen LogP contribution in [0.15, 0.2) is 23.0 Å². The Hall–Kier alpha value is -2.21. The summed E-state index contributed by atoms with van der Waals surface area (Å²) in [7, 11) is 1.48. The Balaban J connectivity index is 2.66. The highest BCUT2D eigenvalue weighted by molar-refractivity contribution is 6.33. The molecule has 0 fully saturated rings. The van der Waals surface area contributed by atoms with Crippen molar-refractivity contribution < 1.29 is 14.6 Å². The summed E-state index contributed by atoms with van der Waals surface area (Å²) in [5.74, 6) is -0.720. The lowest BCUT2D eigenvalue weighted by molar-refractivity contribution is 0.0691. The fourth-order valence-electron chi connectivity index (χ4n) is 1.60. The summed E-state index contributed by atoms with van der Waals surface area (Å²) in [6.45, 7) is 0. The number of carbonyl (C=O) groups is 1. The molecule has 0 atom stereocenters. The van der Waals surface area contributed by atoms with Gasteiger partial charge in [-0.05, 0) is 18.2 Å². The molecule has 1 aromatic carbocycles. The van der Waals surface area contributed by atoms with E-state index in [1.54, 1.807) is 6.07 Å². The van der Waals surface area contributed by atoms with Crippen molar-refractivity contribution in [2.24, 2.45) is 0 Å². The number of nitrogens with one attached hydrogen (secondary N) is 2. The molecule has 1 heterocycles. The normalized spacial score (nSPS) is 10.3. The summed E-state index contributed by atoms with van der Waals surface area (Å²) in [5.41, 5.74) is -0.445. The van der Waals surface area contributed by atoms with Crippen molar-refractivity contribution in [3.63, 3.8) is 0 Å². The molecule has 2 rings (SSSR count). The number of aromatic nitrogens is 2. The Labute approximate surface area is 106 Å². The first-order valence-electron chi connectivity index (χ1n) is 4.92. The van der Waals surface area contributed by atoms with Gasteiger partial charge in [0.25, 0.3) is 5.56 Å². The molecule has 2 aromatic rings. The van der Waals surface area contributed by atoms with Crippen LogP contribution in [-0.4, -0.2) is 28.4 Å². The van der Waals surface area contributed by atoms with E-state index in [-0.39, 0.29) is 16.3 Å². The number of hydrogen-bond donors (Lipinski definition) is 3. The van der Waals surface area contributed by atoms with Crippen LogP contribution in [0.25, 0.3) is 11.1 Å². The molecule has 18 heavy (non-hydrogen) atoms. The fourth-order valence-corrected chi connectivity index (χ4v) is 1.87. The van der Waals surface area contributed by atoms with E-state index < -0.39 is 11.5 Å². The van der Waals surface area contributed by atoms with Crippen molar-refractivity contribution in [3.05, 3.63) is 39.3 Å². The van der Waals surface area contributed by atoms with Crippen LogP contribution in [0.2, 0.25) is 5.02 Å². The molecule has 0 aliphatic carbocycles. The summed E-state index contributed by atoms with van der Waals surface area (Å²) >= 11 is 6.01. The quantitative estimate of drug-likeness (QED) is 0.790.